The molecule has 4 aliphatic rings. The molecule has 3 nitrogen and oxygen atoms in total. The van der Waals surface area contributed by atoms with Crippen LogP contribution in [-0.2, 0) is 14.3 Å². The van der Waals surface area contributed by atoms with E-state index in [1.54, 1.807) is 0 Å². The monoisotopic (exact) mass is 288 g/mol. The second kappa shape index (κ2) is 4.21. The first-order valence-corrected chi connectivity index (χ1v) is 8.38. The molecule has 3 heteroatoms. The molecule has 0 aromatic heterocycles. The minimum atomic E-state index is -0.253. The second-order valence-electron chi connectivity index (χ2n) is 8.01. The van der Waals surface area contributed by atoms with Crippen molar-refractivity contribution in [1.29, 1.82) is 0 Å². The largest absolute Gasteiger partial charge is 0.459 e. The molecule has 114 valence electrons. The summed E-state index contributed by atoms with van der Waals surface area (Å²) >= 11 is 0. The first-order chi connectivity index (χ1) is 9.92. The Bertz CT molecular complexity index is 549. The van der Waals surface area contributed by atoms with Gasteiger partial charge in [0, 0.05) is 18.8 Å². The number of ether oxygens (including phenoxy) is 1. The Morgan fingerprint density at radius 1 is 1.10 bits per heavy atom. The highest BCUT2D eigenvalue weighted by Crippen LogP contribution is 2.62. The summed E-state index contributed by atoms with van der Waals surface area (Å²) in [6.45, 7) is 4.44. The predicted octanol–water partition coefficient (Wildman–Crippen LogP) is 3.42. The number of rotatable bonds is 0. The van der Waals surface area contributed by atoms with Crippen LogP contribution in [0.1, 0.15) is 58.8 Å². The number of allylic oxidation sites excluding steroid dienone is 2. The lowest BCUT2D eigenvalue weighted by molar-refractivity contribution is -0.193. The lowest BCUT2D eigenvalue weighted by Crippen LogP contribution is -2.56. The van der Waals surface area contributed by atoms with E-state index in [2.05, 4.69) is 13.8 Å². The van der Waals surface area contributed by atoms with Crippen molar-refractivity contribution >= 4 is 11.8 Å². The maximum absolute atomic E-state index is 11.9. The van der Waals surface area contributed by atoms with E-state index in [0.29, 0.717) is 36.4 Å². The molecule has 1 heterocycles. The van der Waals surface area contributed by atoms with E-state index >= 15 is 0 Å². The molecule has 0 spiro atoms. The van der Waals surface area contributed by atoms with E-state index in [9.17, 15) is 9.59 Å². The van der Waals surface area contributed by atoms with Crippen LogP contribution in [0.2, 0.25) is 0 Å². The average Bonchev–Trinajstić information content (AvgIpc) is 2.71. The Hall–Kier alpha value is -1.12. The molecule has 3 aliphatic carbocycles. The van der Waals surface area contributed by atoms with Crippen LogP contribution in [0, 0.1) is 23.2 Å². The zero-order valence-electron chi connectivity index (χ0n) is 13.0. The summed E-state index contributed by atoms with van der Waals surface area (Å²) in [6.07, 6.45) is 8.44. The van der Waals surface area contributed by atoms with Crippen LogP contribution in [0.25, 0.3) is 0 Å². The summed E-state index contributed by atoms with van der Waals surface area (Å²) in [5.41, 5.74) is 1.23. The molecular formula is C18H24O3. The van der Waals surface area contributed by atoms with Gasteiger partial charge in [-0.15, -0.1) is 0 Å². The van der Waals surface area contributed by atoms with E-state index in [4.69, 9.17) is 4.74 Å². The Balaban J connectivity index is 1.67. The molecule has 5 atom stereocenters. The van der Waals surface area contributed by atoms with Crippen LogP contribution < -0.4 is 0 Å². The molecule has 0 amide bonds. The van der Waals surface area contributed by atoms with Crippen LogP contribution in [0.15, 0.2) is 11.6 Å². The van der Waals surface area contributed by atoms with Crippen molar-refractivity contribution in [2.75, 3.05) is 0 Å². The summed E-state index contributed by atoms with van der Waals surface area (Å²) in [5.74, 6) is 1.99. The number of fused-ring (bicyclic) bond motifs is 5. The molecule has 0 unspecified atom stereocenters. The van der Waals surface area contributed by atoms with Gasteiger partial charge in [0.2, 0.25) is 0 Å². The third-order valence-corrected chi connectivity index (χ3v) is 6.95. The molecule has 0 radical (unpaired) electrons. The topological polar surface area (TPSA) is 43.4 Å². The fraction of sp³-hybridized carbons (Fsp3) is 0.778. The van der Waals surface area contributed by atoms with Gasteiger partial charge < -0.3 is 4.74 Å². The highest BCUT2D eigenvalue weighted by molar-refractivity contribution is 5.94. The number of carbonyl (C=O) groups is 2. The average molecular weight is 288 g/mol. The predicted molar refractivity (Wildman–Crippen MR) is 78.5 cm³/mol. The Kier molecular flexibility index (Phi) is 2.71. The fourth-order valence-corrected chi connectivity index (χ4v) is 5.93. The smallest absolute Gasteiger partial charge is 0.306 e. The van der Waals surface area contributed by atoms with Gasteiger partial charge in [-0.1, -0.05) is 12.5 Å². The first-order valence-electron chi connectivity index (χ1n) is 8.38. The van der Waals surface area contributed by atoms with Crippen LogP contribution >= 0.6 is 0 Å². The van der Waals surface area contributed by atoms with Gasteiger partial charge in [-0.05, 0) is 62.4 Å². The van der Waals surface area contributed by atoms with Crippen LogP contribution in [0.5, 0.6) is 0 Å². The number of hydrogen-bond donors (Lipinski definition) is 0. The van der Waals surface area contributed by atoms with Gasteiger partial charge in [0.25, 0.3) is 0 Å². The SMILES string of the molecule is C[C@]12CC(=O)C=C1CC[C@@H]1[C@@H]2CC[C@]2(C)OC(=O)CC[C@@H]12. The summed E-state index contributed by atoms with van der Waals surface area (Å²) in [4.78, 5) is 23.6. The molecule has 21 heavy (non-hydrogen) atoms. The van der Waals surface area contributed by atoms with Gasteiger partial charge in [0.15, 0.2) is 5.78 Å². The normalized spacial score (nSPS) is 48.9. The van der Waals surface area contributed by atoms with E-state index < -0.39 is 0 Å². The molecule has 0 aromatic carbocycles. The van der Waals surface area contributed by atoms with E-state index in [1.165, 1.54) is 5.57 Å². The Morgan fingerprint density at radius 3 is 2.71 bits per heavy atom. The van der Waals surface area contributed by atoms with Crippen molar-refractivity contribution in [2.45, 2.75) is 64.4 Å². The van der Waals surface area contributed by atoms with E-state index in [0.717, 1.165) is 32.1 Å². The van der Waals surface area contributed by atoms with Crippen molar-refractivity contribution in [2.24, 2.45) is 23.2 Å². The standard InChI is InChI=1S/C18H24O3/c1-17-10-12(19)9-11(17)3-4-13-14(17)7-8-18(2)15(13)5-6-16(20)21-18/h9,13-15H,3-8,10H2,1-2H3/t13-,14+,15+,17+,18+/m1/s1. The zero-order valence-corrected chi connectivity index (χ0v) is 13.0. The van der Waals surface area contributed by atoms with Crippen LogP contribution in [-0.4, -0.2) is 17.4 Å². The van der Waals surface area contributed by atoms with Crippen molar-refractivity contribution < 1.29 is 14.3 Å². The lowest BCUT2D eigenvalue weighted by Gasteiger charge is -2.57. The maximum atomic E-state index is 11.9. The van der Waals surface area contributed by atoms with Gasteiger partial charge in [0.1, 0.15) is 5.60 Å². The van der Waals surface area contributed by atoms with Gasteiger partial charge in [-0.25, -0.2) is 0 Å². The summed E-state index contributed by atoms with van der Waals surface area (Å²) in [7, 11) is 0. The van der Waals surface area contributed by atoms with Crippen molar-refractivity contribution in [3.63, 3.8) is 0 Å². The third-order valence-electron chi connectivity index (χ3n) is 6.95. The Labute approximate surface area is 126 Å². The summed E-state index contributed by atoms with van der Waals surface area (Å²) in [6, 6.07) is 0. The highest BCUT2D eigenvalue weighted by atomic mass is 16.6. The molecule has 0 N–H and O–H groups in total. The van der Waals surface area contributed by atoms with Crippen LogP contribution in [0.4, 0.5) is 0 Å². The highest BCUT2D eigenvalue weighted by Gasteiger charge is 2.58. The summed E-state index contributed by atoms with van der Waals surface area (Å²) < 4.78 is 5.77. The molecule has 4 rings (SSSR count). The Morgan fingerprint density at radius 2 is 1.90 bits per heavy atom. The minimum absolute atomic E-state index is 0.0224. The minimum Gasteiger partial charge on any atom is -0.459 e. The van der Waals surface area contributed by atoms with Gasteiger partial charge in [-0.2, -0.15) is 0 Å². The molecule has 1 aliphatic heterocycles. The number of esters is 1. The van der Waals surface area contributed by atoms with E-state index in [-0.39, 0.29) is 17.0 Å². The molecule has 3 fully saturated rings. The second-order valence-corrected chi connectivity index (χ2v) is 8.01. The molecular weight excluding hydrogens is 264 g/mol. The first kappa shape index (κ1) is 13.5. The van der Waals surface area contributed by atoms with Gasteiger partial charge in [0.05, 0.1) is 0 Å². The molecule has 0 aromatic rings. The number of carbonyl (C=O) groups excluding carboxylic acids is 2. The lowest BCUT2D eigenvalue weighted by atomic mass is 9.50. The molecule has 1 saturated heterocycles. The van der Waals surface area contributed by atoms with Gasteiger partial charge in [-0.3, -0.25) is 9.59 Å². The third kappa shape index (κ3) is 1.79. The van der Waals surface area contributed by atoms with Gasteiger partial charge >= 0.3 is 5.97 Å². The molecule has 0 bridgehead atoms. The quantitative estimate of drug-likeness (QED) is 0.641. The van der Waals surface area contributed by atoms with Crippen molar-refractivity contribution in [3.8, 4) is 0 Å². The summed E-state index contributed by atoms with van der Waals surface area (Å²) in [5, 5.41) is 0. The maximum Gasteiger partial charge on any atom is 0.306 e. The number of hydrogen-bond acceptors (Lipinski definition) is 3. The van der Waals surface area contributed by atoms with Crippen LogP contribution in [0.3, 0.4) is 0 Å². The fourth-order valence-electron chi connectivity index (χ4n) is 5.93. The van der Waals surface area contributed by atoms with E-state index in [1.807, 2.05) is 6.08 Å². The van der Waals surface area contributed by atoms with Crippen molar-refractivity contribution in [1.82, 2.24) is 0 Å². The molecule has 2 saturated carbocycles. The number of ketones is 1. The zero-order chi connectivity index (χ0) is 14.8. The van der Waals surface area contributed by atoms with Crippen molar-refractivity contribution in [3.05, 3.63) is 11.6 Å².